The van der Waals surface area contributed by atoms with Crippen molar-refractivity contribution in [3.05, 3.63) is 18.2 Å². The Morgan fingerprint density at radius 2 is 2.71 bits per heavy atom. The Hall–Kier alpha value is -1.01. The van der Waals surface area contributed by atoms with Crippen LogP contribution in [0.2, 0.25) is 0 Å². The largest absolute Gasteiger partial charge is 0.347 e. The minimum absolute atomic E-state index is 0.0463. The number of aromatic nitrogens is 2. The van der Waals surface area contributed by atoms with Crippen molar-refractivity contribution in [3.63, 3.8) is 0 Å². The van der Waals surface area contributed by atoms with E-state index in [2.05, 4.69) is 20.6 Å². The molecule has 6 heteroatoms. The SMILES string of the molecule is O=C(NCc1ncc[nH]1)C1CSCN1. The summed E-state index contributed by atoms with van der Waals surface area (Å²) in [7, 11) is 0. The molecule has 0 aromatic carbocycles. The molecule has 1 amide bonds. The molecule has 2 rings (SSSR count). The summed E-state index contributed by atoms with van der Waals surface area (Å²) in [5.74, 6) is 2.54. The maximum Gasteiger partial charge on any atom is 0.238 e. The van der Waals surface area contributed by atoms with Crippen LogP contribution in [0.15, 0.2) is 12.4 Å². The first kappa shape index (κ1) is 9.54. The first-order valence-corrected chi connectivity index (χ1v) is 5.59. The van der Waals surface area contributed by atoms with Gasteiger partial charge in [0.25, 0.3) is 0 Å². The molecule has 0 aliphatic carbocycles. The Morgan fingerprint density at radius 3 is 3.36 bits per heavy atom. The Labute approximate surface area is 86.1 Å². The average Bonchev–Trinajstić information content (AvgIpc) is 2.87. The van der Waals surface area contributed by atoms with Gasteiger partial charge < -0.3 is 10.3 Å². The molecular weight excluding hydrogens is 200 g/mol. The van der Waals surface area contributed by atoms with Crippen LogP contribution in [-0.2, 0) is 11.3 Å². The molecule has 0 bridgehead atoms. The number of hydrogen-bond acceptors (Lipinski definition) is 4. The van der Waals surface area contributed by atoms with Crippen molar-refractivity contribution in [2.75, 3.05) is 11.6 Å². The van der Waals surface area contributed by atoms with Gasteiger partial charge in [0, 0.05) is 24.0 Å². The lowest BCUT2D eigenvalue weighted by molar-refractivity contribution is -0.122. The standard InChI is InChI=1S/C8H12N4OS/c13-8(6-4-14-5-12-6)11-3-7-9-1-2-10-7/h1-2,6,12H,3-5H2,(H,9,10)(H,11,13). The van der Waals surface area contributed by atoms with E-state index >= 15 is 0 Å². The third-order valence-electron chi connectivity index (χ3n) is 2.02. The average molecular weight is 212 g/mol. The normalized spacial score (nSPS) is 21.0. The molecule has 76 valence electrons. The Bertz CT molecular complexity index is 294. The topological polar surface area (TPSA) is 69.8 Å². The molecule has 1 saturated heterocycles. The Kier molecular flexibility index (Phi) is 3.05. The van der Waals surface area contributed by atoms with Crippen molar-refractivity contribution < 1.29 is 4.79 Å². The summed E-state index contributed by atoms with van der Waals surface area (Å²) < 4.78 is 0. The van der Waals surface area contributed by atoms with Gasteiger partial charge in [0.05, 0.1) is 12.6 Å². The van der Waals surface area contributed by atoms with Gasteiger partial charge in [0.15, 0.2) is 0 Å². The van der Waals surface area contributed by atoms with Gasteiger partial charge >= 0.3 is 0 Å². The van der Waals surface area contributed by atoms with Crippen LogP contribution < -0.4 is 10.6 Å². The van der Waals surface area contributed by atoms with E-state index in [0.717, 1.165) is 17.5 Å². The van der Waals surface area contributed by atoms with Gasteiger partial charge in [-0.05, 0) is 0 Å². The fourth-order valence-corrected chi connectivity index (χ4v) is 2.19. The van der Waals surface area contributed by atoms with E-state index in [4.69, 9.17) is 0 Å². The molecule has 1 aromatic rings. The molecule has 0 saturated carbocycles. The number of amides is 1. The highest BCUT2D eigenvalue weighted by Gasteiger charge is 2.21. The summed E-state index contributed by atoms with van der Waals surface area (Å²) in [4.78, 5) is 18.5. The van der Waals surface area contributed by atoms with Crippen LogP contribution in [0, 0.1) is 0 Å². The van der Waals surface area contributed by atoms with E-state index in [1.54, 1.807) is 24.2 Å². The zero-order valence-corrected chi connectivity index (χ0v) is 8.43. The number of thioether (sulfide) groups is 1. The predicted octanol–water partition coefficient (Wildman–Crippen LogP) is -0.312. The number of H-pyrrole nitrogens is 1. The molecule has 1 aromatic heterocycles. The van der Waals surface area contributed by atoms with Gasteiger partial charge in [-0.25, -0.2) is 4.98 Å². The maximum absolute atomic E-state index is 11.5. The number of carbonyl (C=O) groups is 1. The lowest BCUT2D eigenvalue weighted by atomic mass is 10.3. The molecule has 2 heterocycles. The first-order valence-electron chi connectivity index (χ1n) is 4.43. The second kappa shape index (κ2) is 4.47. The smallest absolute Gasteiger partial charge is 0.238 e. The molecular formula is C8H12N4OS. The number of nitrogens with zero attached hydrogens (tertiary/aromatic N) is 1. The van der Waals surface area contributed by atoms with E-state index in [0.29, 0.717) is 6.54 Å². The summed E-state index contributed by atoms with van der Waals surface area (Å²) in [6.45, 7) is 0.467. The molecule has 3 N–H and O–H groups in total. The molecule has 1 atom stereocenters. The van der Waals surface area contributed by atoms with Gasteiger partial charge in [-0.3, -0.25) is 10.1 Å². The summed E-state index contributed by atoms with van der Waals surface area (Å²) in [6, 6.07) is -0.0463. The van der Waals surface area contributed by atoms with Crippen LogP contribution >= 0.6 is 11.8 Å². The molecule has 14 heavy (non-hydrogen) atoms. The van der Waals surface area contributed by atoms with Crippen LogP contribution in [0.1, 0.15) is 5.82 Å². The molecule has 1 fully saturated rings. The molecule has 5 nitrogen and oxygen atoms in total. The van der Waals surface area contributed by atoms with E-state index in [-0.39, 0.29) is 11.9 Å². The van der Waals surface area contributed by atoms with Gasteiger partial charge in [0.2, 0.25) is 5.91 Å². The van der Waals surface area contributed by atoms with Crippen LogP contribution in [0.5, 0.6) is 0 Å². The molecule has 0 radical (unpaired) electrons. The lowest BCUT2D eigenvalue weighted by Crippen LogP contribution is -2.41. The summed E-state index contributed by atoms with van der Waals surface area (Å²) in [6.07, 6.45) is 3.41. The third-order valence-corrected chi connectivity index (χ3v) is 2.96. The first-order chi connectivity index (χ1) is 6.86. The highest BCUT2D eigenvalue weighted by molar-refractivity contribution is 7.99. The number of imidazole rings is 1. The van der Waals surface area contributed by atoms with Crippen molar-refractivity contribution in [3.8, 4) is 0 Å². The Balaban J connectivity index is 1.77. The van der Waals surface area contributed by atoms with Crippen molar-refractivity contribution in [1.82, 2.24) is 20.6 Å². The molecule has 1 aliphatic heterocycles. The fourth-order valence-electron chi connectivity index (χ4n) is 1.25. The van der Waals surface area contributed by atoms with E-state index < -0.39 is 0 Å². The molecule has 0 spiro atoms. The van der Waals surface area contributed by atoms with Crippen LogP contribution in [0.4, 0.5) is 0 Å². The minimum Gasteiger partial charge on any atom is -0.347 e. The predicted molar refractivity (Wildman–Crippen MR) is 54.7 cm³/mol. The summed E-state index contributed by atoms with van der Waals surface area (Å²) in [5, 5.41) is 5.93. The van der Waals surface area contributed by atoms with Crippen LogP contribution in [0.25, 0.3) is 0 Å². The van der Waals surface area contributed by atoms with E-state index in [9.17, 15) is 4.79 Å². The zero-order chi connectivity index (χ0) is 9.80. The van der Waals surface area contributed by atoms with Gasteiger partial charge in [-0.1, -0.05) is 0 Å². The van der Waals surface area contributed by atoms with Gasteiger partial charge in [-0.2, -0.15) is 0 Å². The monoisotopic (exact) mass is 212 g/mol. The number of hydrogen-bond donors (Lipinski definition) is 3. The van der Waals surface area contributed by atoms with Crippen molar-refractivity contribution in [2.45, 2.75) is 12.6 Å². The van der Waals surface area contributed by atoms with Gasteiger partial charge in [0.1, 0.15) is 5.82 Å². The summed E-state index contributed by atoms with van der Waals surface area (Å²) >= 11 is 1.74. The van der Waals surface area contributed by atoms with Crippen molar-refractivity contribution >= 4 is 17.7 Å². The second-order valence-electron chi connectivity index (χ2n) is 3.03. The minimum atomic E-state index is -0.0463. The van der Waals surface area contributed by atoms with Crippen molar-refractivity contribution in [2.24, 2.45) is 0 Å². The quantitative estimate of drug-likeness (QED) is 0.643. The lowest BCUT2D eigenvalue weighted by Gasteiger charge is -2.08. The third kappa shape index (κ3) is 2.27. The van der Waals surface area contributed by atoms with Gasteiger partial charge in [-0.15, -0.1) is 11.8 Å². The van der Waals surface area contributed by atoms with Crippen LogP contribution in [-0.4, -0.2) is 33.5 Å². The second-order valence-corrected chi connectivity index (χ2v) is 4.06. The molecule has 1 unspecified atom stereocenters. The van der Waals surface area contributed by atoms with E-state index in [1.807, 2.05) is 0 Å². The zero-order valence-electron chi connectivity index (χ0n) is 7.62. The van der Waals surface area contributed by atoms with Crippen molar-refractivity contribution in [1.29, 1.82) is 0 Å². The number of aromatic amines is 1. The number of nitrogens with one attached hydrogen (secondary N) is 3. The Morgan fingerprint density at radius 1 is 1.79 bits per heavy atom. The van der Waals surface area contributed by atoms with Crippen LogP contribution in [0.3, 0.4) is 0 Å². The molecule has 1 aliphatic rings. The number of carbonyl (C=O) groups excluding carboxylic acids is 1. The highest BCUT2D eigenvalue weighted by Crippen LogP contribution is 2.09. The maximum atomic E-state index is 11.5. The highest BCUT2D eigenvalue weighted by atomic mass is 32.2. The fraction of sp³-hybridized carbons (Fsp3) is 0.500. The summed E-state index contributed by atoms with van der Waals surface area (Å²) in [5.41, 5.74) is 0. The van der Waals surface area contributed by atoms with E-state index in [1.165, 1.54) is 0 Å². The number of rotatable bonds is 3.